The molecule has 96 valence electrons. The Morgan fingerprint density at radius 1 is 1.35 bits per heavy atom. The summed E-state index contributed by atoms with van der Waals surface area (Å²) in [4.78, 5) is 10.2. The molecule has 1 N–H and O–H groups in total. The zero-order valence-electron chi connectivity index (χ0n) is 10.0. The number of nitrogens with one attached hydrogen (secondary N) is 1. The molecule has 0 spiro atoms. The quantitative estimate of drug-likeness (QED) is 0.464. The fraction of sp³-hybridized carbons (Fsp3) is 0.500. The molecule has 0 radical (unpaired) electrons. The molecule has 0 amide bonds. The van der Waals surface area contributed by atoms with Crippen LogP contribution in [0.4, 0.5) is 5.69 Å². The smallest absolute Gasteiger partial charge is 0.269 e. The minimum atomic E-state index is -0.361. The molecule has 0 aliphatic carbocycles. The average molecular weight is 259 g/mol. The van der Waals surface area contributed by atoms with Gasteiger partial charge in [-0.25, -0.2) is 0 Å². The third-order valence-electron chi connectivity index (χ3n) is 2.41. The summed E-state index contributed by atoms with van der Waals surface area (Å²) < 4.78 is 0. The van der Waals surface area contributed by atoms with Crippen molar-refractivity contribution in [3.8, 4) is 0 Å². The van der Waals surface area contributed by atoms with Crippen LogP contribution in [0.3, 0.4) is 0 Å². The Labute approximate surface area is 108 Å². The van der Waals surface area contributed by atoms with E-state index >= 15 is 0 Å². The van der Waals surface area contributed by atoms with Gasteiger partial charge in [-0.2, -0.15) is 0 Å². The van der Waals surface area contributed by atoms with Gasteiger partial charge >= 0.3 is 0 Å². The lowest BCUT2D eigenvalue weighted by Gasteiger charge is -2.04. The van der Waals surface area contributed by atoms with Gasteiger partial charge in [0.05, 0.1) is 4.92 Å². The van der Waals surface area contributed by atoms with Gasteiger partial charge in [0, 0.05) is 18.7 Å². The summed E-state index contributed by atoms with van der Waals surface area (Å²) >= 11 is 0. The van der Waals surface area contributed by atoms with Crippen LogP contribution in [0.15, 0.2) is 24.3 Å². The lowest BCUT2D eigenvalue weighted by Crippen LogP contribution is -2.14. The van der Waals surface area contributed by atoms with Gasteiger partial charge in [-0.05, 0) is 18.5 Å². The van der Waals surface area contributed by atoms with Crippen molar-refractivity contribution in [1.82, 2.24) is 5.32 Å². The number of unbranched alkanes of at least 4 members (excludes halogenated alkanes) is 2. The Morgan fingerprint density at radius 3 is 2.76 bits per heavy atom. The van der Waals surface area contributed by atoms with E-state index < -0.39 is 0 Å². The fourth-order valence-electron chi connectivity index (χ4n) is 1.51. The van der Waals surface area contributed by atoms with Crippen molar-refractivity contribution in [2.45, 2.75) is 32.7 Å². The molecule has 1 rings (SSSR count). The summed E-state index contributed by atoms with van der Waals surface area (Å²) in [6.45, 7) is 3.84. The molecule has 0 heterocycles. The summed E-state index contributed by atoms with van der Waals surface area (Å²) in [6, 6.07) is 6.76. The zero-order valence-corrected chi connectivity index (χ0v) is 10.8. The molecule has 0 saturated carbocycles. The van der Waals surface area contributed by atoms with Crippen LogP contribution in [-0.4, -0.2) is 11.5 Å². The van der Waals surface area contributed by atoms with Gasteiger partial charge < -0.3 is 5.32 Å². The predicted octanol–water partition coefficient (Wildman–Crippen LogP) is 3.30. The minimum Gasteiger partial charge on any atom is -0.313 e. The normalized spacial score (nSPS) is 9.71. The van der Waals surface area contributed by atoms with Crippen LogP contribution in [0.1, 0.15) is 31.7 Å². The third kappa shape index (κ3) is 6.24. The molecule has 17 heavy (non-hydrogen) atoms. The molecule has 0 unspecified atom stereocenters. The van der Waals surface area contributed by atoms with E-state index in [4.69, 9.17) is 0 Å². The van der Waals surface area contributed by atoms with Crippen LogP contribution in [0, 0.1) is 10.1 Å². The van der Waals surface area contributed by atoms with Crippen molar-refractivity contribution in [2.24, 2.45) is 0 Å². The van der Waals surface area contributed by atoms with Crippen molar-refractivity contribution < 1.29 is 4.92 Å². The van der Waals surface area contributed by atoms with E-state index in [2.05, 4.69) is 12.2 Å². The highest BCUT2D eigenvalue weighted by atomic mass is 35.5. The van der Waals surface area contributed by atoms with Crippen LogP contribution in [0.5, 0.6) is 0 Å². The molecule has 0 aromatic heterocycles. The second-order valence-electron chi connectivity index (χ2n) is 3.81. The number of rotatable bonds is 7. The second kappa shape index (κ2) is 8.96. The maximum atomic E-state index is 10.6. The number of nitro benzene ring substituents is 1. The lowest BCUT2D eigenvalue weighted by molar-refractivity contribution is -0.384. The fourth-order valence-corrected chi connectivity index (χ4v) is 1.51. The second-order valence-corrected chi connectivity index (χ2v) is 3.81. The SMILES string of the molecule is CCCCCNCc1cccc([N+](=O)[O-])c1.Cl. The summed E-state index contributed by atoms with van der Waals surface area (Å²) in [7, 11) is 0. The number of hydrogen-bond acceptors (Lipinski definition) is 3. The van der Waals surface area contributed by atoms with Gasteiger partial charge in [0.2, 0.25) is 0 Å². The Kier molecular flexibility index (Phi) is 8.36. The summed E-state index contributed by atoms with van der Waals surface area (Å²) in [5, 5.41) is 13.8. The standard InChI is InChI=1S/C12H18N2O2.ClH/c1-2-3-4-8-13-10-11-6-5-7-12(9-11)14(15)16;/h5-7,9,13H,2-4,8,10H2,1H3;1H. The van der Waals surface area contributed by atoms with Crippen molar-refractivity contribution in [1.29, 1.82) is 0 Å². The number of nitrogens with zero attached hydrogens (tertiary/aromatic N) is 1. The minimum absolute atomic E-state index is 0. The van der Waals surface area contributed by atoms with Crippen LogP contribution >= 0.6 is 12.4 Å². The number of benzene rings is 1. The van der Waals surface area contributed by atoms with Crippen molar-refractivity contribution >= 4 is 18.1 Å². The highest BCUT2D eigenvalue weighted by Crippen LogP contribution is 2.12. The summed E-state index contributed by atoms with van der Waals surface area (Å²) in [5.41, 5.74) is 1.12. The molecule has 0 fully saturated rings. The van der Waals surface area contributed by atoms with Gasteiger partial charge in [-0.15, -0.1) is 12.4 Å². The summed E-state index contributed by atoms with van der Waals surface area (Å²) in [6.07, 6.45) is 3.59. The average Bonchev–Trinajstić information content (AvgIpc) is 2.29. The van der Waals surface area contributed by atoms with Crippen molar-refractivity contribution in [2.75, 3.05) is 6.54 Å². The predicted molar refractivity (Wildman–Crippen MR) is 71.6 cm³/mol. The van der Waals surface area contributed by atoms with Gasteiger partial charge in [0.15, 0.2) is 0 Å². The number of nitro groups is 1. The van der Waals surface area contributed by atoms with Crippen LogP contribution < -0.4 is 5.32 Å². The summed E-state index contributed by atoms with van der Waals surface area (Å²) in [5.74, 6) is 0. The van der Waals surface area contributed by atoms with Gasteiger partial charge in [-0.1, -0.05) is 31.9 Å². The molecule has 0 bridgehead atoms. The molecule has 5 heteroatoms. The number of hydrogen-bond donors (Lipinski definition) is 1. The van der Waals surface area contributed by atoms with E-state index in [1.54, 1.807) is 12.1 Å². The molecule has 1 aromatic rings. The van der Waals surface area contributed by atoms with Crippen molar-refractivity contribution in [3.63, 3.8) is 0 Å². The largest absolute Gasteiger partial charge is 0.313 e. The van der Waals surface area contributed by atoms with E-state index in [9.17, 15) is 10.1 Å². The molecular weight excluding hydrogens is 240 g/mol. The van der Waals surface area contributed by atoms with Crippen molar-refractivity contribution in [3.05, 3.63) is 39.9 Å². The first-order chi connectivity index (χ1) is 7.74. The van der Waals surface area contributed by atoms with Crippen LogP contribution in [-0.2, 0) is 6.54 Å². The first-order valence-corrected chi connectivity index (χ1v) is 5.68. The van der Waals surface area contributed by atoms with E-state index in [1.165, 1.54) is 18.9 Å². The number of halogens is 1. The van der Waals surface area contributed by atoms with E-state index in [1.807, 2.05) is 6.07 Å². The third-order valence-corrected chi connectivity index (χ3v) is 2.41. The molecule has 4 nitrogen and oxygen atoms in total. The molecule has 0 atom stereocenters. The van der Waals surface area contributed by atoms with E-state index in [0.29, 0.717) is 6.54 Å². The lowest BCUT2D eigenvalue weighted by atomic mass is 10.2. The first kappa shape index (κ1) is 15.9. The Bertz CT molecular complexity index is 345. The maximum Gasteiger partial charge on any atom is 0.269 e. The van der Waals surface area contributed by atoms with Gasteiger partial charge in [0.1, 0.15) is 0 Å². The van der Waals surface area contributed by atoms with Gasteiger partial charge in [-0.3, -0.25) is 10.1 Å². The molecule has 0 aliphatic heterocycles. The van der Waals surface area contributed by atoms with Gasteiger partial charge in [0.25, 0.3) is 5.69 Å². The first-order valence-electron chi connectivity index (χ1n) is 5.68. The molecular formula is C12H19ClN2O2. The number of non-ortho nitro benzene ring substituents is 1. The van der Waals surface area contributed by atoms with Crippen LogP contribution in [0.2, 0.25) is 0 Å². The highest BCUT2D eigenvalue weighted by molar-refractivity contribution is 5.85. The molecule has 0 saturated heterocycles. The monoisotopic (exact) mass is 258 g/mol. The Balaban J connectivity index is 0.00000256. The maximum absolute atomic E-state index is 10.6. The zero-order chi connectivity index (χ0) is 11.8. The Morgan fingerprint density at radius 2 is 2.12 bits per heavy atom. The highest BCUT2D eigenvalue weighted by Gasteiger charge is 2.04. The topological polar surface area (TPSA) is 55.2 Å². The molecule has 0 aliphatic rings. The Hall–Kier alpha value is -1.13. The van der Waals surface area contributed by atoms with E-state index in [0.717, 1.165) is 18.5 Å². The molecule has 1 aromatic carbocycles. The van der Waals surface area contributed by atoms with Crippen LogP contribution in [0.25, 0.3) is 0 Å². The van der Waals surface area contributed by atoms with E-state index in [-0.39, 0.29) is 23.0 Å².